The van der Waals surface area contributed by atoms with E-state index < -0.39 is 10.0 Å². The molecular formula is C20H30N2O3S. The van der Waals surface area contributed by atoms with Crippen LogP contribution in [0.2, 0.25) is 0 Å². The fourth-order valence-electron chi connectivity index (χ4n) is 4.48. The van der Waals surface area contributed by atoms with Crippen molar-refractivity contribution in [3.8, 4) is 0 Å². The first kappa shape index (κ1) is 19.4. The van der Waals surface area contributed by atoms with Crippen LogP contribution in [0.3, 0.4) is 0 Å². The van der Waals surface area contributed by atoms with Gasteiger partial charge in [0, 0.05) is 18.2 Å². The SMILES string of the molecule is CS(=O)(=O)NCCc1ccc(C(=O)N[C@@H]2CC[C@H]3CCCC[C@@H]3C2)cc1. The first-order valence-electron chi connectivity index (χ1n) is 9.75. The van der Waals surface area contributed by atoms with Crippen LogP contribution in [0.15, 0.2) is 24.3 Å². The molecule has 2 N–H and O–H groups in total. The summed E-state index contributed by atoms with van der Waals surface area (Å²) in [6.07, 6.45) is 10.7. The fourth-order valence-corrected chi connectivity index (χ4v) is 4.95. The molecule has 0 radical (unpaired) electrons. The number of amides is 1. The van der Waals surface area contributed by atoms with E-state index in [2.05, 4.69) is 10.0 Å². The molecule has 2 aliphatic carbocycles. The third-order valence-electron chi connectivity index (χ3n) is 5.87. The first-order chi connectivity index (χ1) is 12.4. The molecule has 3 rings (SSSR count). The van der Waals surface area contributed by atoms with Gasteiger partial charge in [0.25, 0.3) is 5.91 Å². The van der Waals surface area contributed by atoms with Crippen LogP contribution in [0.4, 0.5) is 0 Å². The average Bonchev–Trinajstić information content (AvgIpc) is 2.61. The molecule has 1 aromatic carbocycles. The lowest BCUT2D eigenvalue weighted by Crippen LogP contribution is -2.41. The van der Waals surface area contributed by atoms with Gasteiger partial charge < -0.3 is 5.32 Å². The molecule has 0 saturated heterocycles. The van der Waals surface area contributed by atoms with Gasteiger partial charge in [0.2, 0.25) is 10.0 Å². The number of fused-ring (bicyclic) bond motifs is 1. The number of carbonyl (C=O) groups excluding carboxylic acids is 1. The third-order valence-corrected chi connectivity index (χ3v) is 6.60. The molecule has 2 saturated carbocycles. The van der Waals surface area contributed by atoms with E-state index in [0.29, 0.717) is 24.6 Å². The van der Waals surface area contributed by atoms with Crippen molar-refractivity contribution in [2.75, 3.05) is 12.8 Å². The molecule has 0 aromatic heterocycles. The van der Waals surface area contributed by atoms with E-state index in [9.17, 15) is 13.2 Å². The van der Waals surface area contributed by atoms with Crippen LogP contribution < -0.4 is 10.0 Å². The van der Waals surface area contributed by atoms with Gasteiger partial charge in [-0.2, -0.15) is 0 Å². The lowest BCUT2D eigenvalue weighted by Gasteiger charge is -2.39. The number of hydrogen-bond acceptors (Lipinski definition) is 3. The number of rotatable bonds is 6. The van der Waals surface area contributed by atoms with Crippen molar-refractivity contribution in [2.45, 2.75) is 57.4 Å². The second kappa shape index (κ2) is 8.53. The Morgan fingerprint density at radius 3 is 2.42 bits per heavy atom. The summed E-state index contributed by atoms with van der Waals surface area (Å²) in [5.41, 5.74) is 1.69. The monoisotopic (exact) mass is 378 g/mol. The van der Waals surface area contributed by atoms with Gasteiger partial charge >= 0.3 is 0 Å². The highest BCUT2D eigenvalue weighted by Gasteiger charge is 2.32. The second-order valence-electron chi connectivity index (χ2n) is 7.90. The lowest BCUT2D eigenvalue weighted by atomic mass is 9.69. The Morgan fingerprint density at radius 1 is 1.04 bits per heavy atom. The summed E-state index contributed by atoms with van der Waals surface area (Å²) in [4.78, 5) is 12.5. The standard InChI is InChI=1S/C20H30N2O3S/c1-26(24,25)21-13-12-15-6-8-17(9-7-15)20(23)22-19-11-10-16-4-2-3-5-18(16)14-19/h6-9,16,18-19,21H,2-5,10-14H2,1H3,(H,22,23)/t16-,18-,19-/m1/s1. The van der Waals surface area contributed by atoms with Crippen LogP contribution in [0.5, 0.6) is 0 Å². The molecule has 0 heterocycles. The van der Waals surface area contributed by atoms with E-state index >= 15 is 0 Å². The Kier molecular flexibility index (Phi) is 6.35. The Balaban J connectivity index is 1.48. The number of carbonyl (C=O) groups is 1. The van der Waals surface area contributed by atoms with Crippen molar-refractivity contribution in [1.82, 2.24) is 10.0 Å². The first-order valence-corrected chi connectivity index (χ1v) is 11.6. The van der Waals surface area contributed by atoms with Crippen LogP contribution in [-0.2, 0) is 16.4 Å². The molecule has 5 nitrogen and oxygen atoms in total. The maximum absolute atomic E-state index is 12.5. The maximum atomic E-state index is 12.5. The van der Waals surface area contributed by atoms with E-state index in [1.807, 2.05) is 24.3 Å². The molecule has 1 aromatic rings. The number of hydrogen-bond donors (Lipinski definition) is 2. The minimum Gasteiger partial charge on any atom is -0.349 e. The molecule has 144 valence electrons. The van der Waals surface area contributed by atoms with Gasteiger partial charge in [-0.15, -0.1) is 0 Å². The molecular weight excluding hydrogens is 348 g/mol. The van der Waals surface area contributed by atoms with Crippen LogP contribution >= 0.6 is 0 Å². The summed E-state index contributed by atoms with van der Waals surface area (Å²) >= 11 is 0. The molecule has 6 heteroatoms. The normalized spacial score (nSPS) is 26.1. The van der Waals surface area contributed by atoms with Gasteiger partial charge in [-0.1, -0.05) is 37.8 Å². The van der Waals surface area contributed by atoms with E-state index in [-0.39, 0.29) is 5.91 Å². The Bertz CT molecular complexity index is 715. The average molecular weight is 379 g/mol. The van der Waals surface area contributed by atoms with Crippen molar-refractivity contribution in [1.29, 1.82) is 0 Å². The predicted molar refractivity (Wildman–Crippen MR) is 104 cm³/mol. The molecule has 0 aliphatic heterocycles. The van der Waals surface area contributed by atoms with Gasteiger partial charge in [-0.05, 0) is 55.2 Å². The highest BCUT2D eigenvalue weighted by atomic mass is 32.2. The molecule has 3 atom stereocenters. The van der Waals surface area contributed by atoms with E-state index in [4.69, 9.17) is 0 Å². The zero-order valence-corrected chi connectivity index (χ0v) is 16.4. The van der Waals surface area contributed by atoms with Crippen molar-refractivity contribution >= 4 is 15.9 Å². The Hall–Kier alpha value is -1.40. The van der Waals surface area contributed by atoms with Crippen molar-refractivity contribution in [3.05, 3.63) is 35.4 Å². The highest BCUT2D eigenvalue weighted by molar-refractivity contribution is 7.88. The van der Waals surface area contributed by atoms with Crippen molar-refractivity contribution in [3.63, 3.8) is 0 Å². The molecule has 1 amide bonds. The number of benzene rings is 1. The summed E-state index contributed by atoms with van der Waals surface area (Å²) in [6, 6.07) is 7.77. The van der Waals surface area contributed by atoms with Crippen LogP contribution in [0, 0.1) is 11.8 Å². The zero-order valence-electron chi connectivity index (χ0n) is 15.5. The van der Waals surface area contributed by atoms with Gasteiger partial charge in [0.1, 0.15) is 0 Å². The molecule has 0 bridgehead atoms. The Labute approximate surface area is 157 Å². The quantitative estimate of drug-likeness (QED) is 0.799. The summed E-state index contributed by atoms with van der Waals surface area (Å²) in [5.74, 6) is 1.69. The number of nitrogens with one attached hydrogen (secondary N) is 2. The molecule has 2 aliphatic rings. The topological polar surface area (TPSA) is 75.3 Å². The smallest absolute Gasteiger partial charge is 0.251 e. The predicted octanol–water partition coefficient (Wildman–Crippen LogP) is 2.87. The largest absolute Gasteiger partial charge is 0.349 e. The van der Waals surface area contributed by atoms with Gasteiger partial charge in [0.15, 0.2) is 0 Å². The molecule has 0 unspecified atom stereocenters. The van der Waals surface area contributed by atoms with E-state index in [1.54, 1.807) is 0 Å². The van der Waals surface area contributed by atoms with Crippen LogP contribution in [0.1, 0.15) is 60.9 Å². The third kappa shape index (κ3) is 5.55. The fraction of sp³-hybridized carbons (Fsp3) is 0.650. The summed E-state index contributed by atoms with van der Waals surface area (Å²) in [6.45, 7) is 0.370. The van der Waals surface area contributed by atoms with Crippen molar-refractivity contribution in [2.24, 2.45) is 11.8 Å². The lowest BCUT2D eigenvalue weighted by molar-refractivity contribution is 0.0879. The van der Waals surface area contributed by atoms with E-state index in [0.717, 1.165) is 36.5 Å². The van der Waals surface area contributed by atoms with Crippen LogP contribution in [-0.4, -0.2) is 33.2 Å². The minimum atomic E-state index is -3.16. The second-order valence-corrected chi connectivity index (χ2v) is 9.73. The summed E-state index contributed by atoms with van der Waals surface area (Å²) in [5, 5.41) is 3.22. The highest BCUT2D eigenvalue weighted by Crippen LogP contribution is 2.40. The van der Waals surface area contributed by atoms with Gasteiger partial charge in [-0.25, -0.2) is 13.1 Å². The summed E-state index contributed by atoms with van der Waals surface area (Å²) in [7, 11) is -3.16. The maximum Gasteiger partial charge on any atom is 0.251 e. The van der Waals surface area contributed by atoms with E-state index in [1.165, 1.54) is 32.1 Å². The molecule has 0 spiro atoms. The zero-order chi connectivity index (χ0) is 18.6. The van der Waals surface area contributed by atoms with Crippen molar-refractivity contribution < 1.29 is 13.2 Å². The molecule has 26 heavy (non-hydrogen) atoms. The van der Waals surface area contributed by atoms with Gasteiger partial charge in [0.05, 0.1) is 6.26 Å². The van der Waals surface area contributed by atoms with Gasteiger partial charge in [-0.3, -0.25) is 4.79 Å². The minimum absolute atomic E-state index is 0.00469. The Morgan fingerprint density at radius 2 is 1.73 bits per heavy atom. The van der Waals surface area contributed by atoms with Crippen LogP contribution in [0.25, 0.3) is 0 Å². The molecule has 2 fully saturated rings. The summed E-state index contributed by atoms with van der Waals surface area (Å²) < 4.78 is 24.6. The number of sulfonamides is 1.